The van der Waals surface area contributed by atoms with Crippen LogP contribution in [0.4, 0.5) is 19.0 Å². The number of carbonyl (C=O) groups excluding carboxylic acids is 1. The number of carbonyl (C=O) groups is 1. The van der Waals surface area contributed by atoms with E-state index in [0.717, 1.165) is 43.2 Å². The van der Waals surface area contributed by atoms with Gasteiger partial charge in [0.15, 0.2) is 0 Å². The van der Waals surface area contributed by atoms with Crippen molar-refractivity contribution in [3.8, 4) is 0 Å². The maximum absolute atomic E-state index is 12.6. The maximum Gasteiger partial charge on any atom is 0.417 e. The Balaban J connectivity index is 0.00000196. The minimum absolute atomic E-state index is 0. The van der Waals surface area contributed by atoms with Gasteiger partial charge in [0.05, 0.1) is 5.56 Å². The minimum Gasteiger partial charge on any atom is -0.356 e. The van der Waals surface area contributed by atoms with Gasteiger partial charge >= 0.3 is 6.18 Å². The summed E-state index contributed by atoms with van der Waals surface area (Å²) in [6, 6.07) is 2.83. The number of hydrogen-bond donors (Lipinski definition) is 2. The van der Waals surface area contributed by atoms with Gasteiger partial charge in [0.1, 0.15) is 5.82 Å². The minimum atomic E-state index is -4.37. The zero-order valence-corrected chi connectivity index (χ0v) is 17.7. The highest BCUT2D eigenvalue weighted by molar-refractivity contribution is 7.99. The Hall–Kier alpha value is -0.900. The van der Waals surface area contributed by atoms with Crippen LogP contribution < -0.4 is 15.5 Å². The van der Waals surface area contributed by atoms with Crippen molar-refractivity contribution in [2.24, 2.45) is 0 Å². The molecule has 0 aromatic carbocycles. The van der Waals surface area contributed by atoms with Crippen molar-refractivity contribution in [3.05, 3.63) is 23.9 Å². The summed E-state index contributed by atoms with van der Waals surface area (Å²) in [6.45, 7) is 2.28. The van der Waals surface area contributed by atoms with Gasteiger partial charge < -0.3 is 15.5 Å². The Labute approximate surface area is 179 Å². The average Bonchev–Trinajstić information content (AvgIpc) is 2.62. The summed E-state index contributed by atoms with van der Waals surface area (Å²) < 4.78 is 37.8. The Morgan fingerprint density at radius 2 is 2.00 bits per heavy atom. The van der Waals surface area contributed by atoms with Crippen LogP contribution in [0.2, 0.25) is 0 Å². The summed E-state index contributed by atoms with van der Waals surface area (Å²) in [6.07, 6.45) is -1.47. The first-order valence-corrected chi connectivity index (χ1v) is 9.96. The van der Waals surface area contributed by atoms with Crippen LogP contribution in [0.25, 0.3) is 0 Å². The molecule has 1 atom stereocenters. The molecule has 2 fully saturated rings. The summed E-state index contributed by atoms with van der Waals surface area (Å²) in [5.41, 5.74) is -0.738. The number of amides is 1. The third kappa shape index (κ3) is 7.17. The van der Waals surface area contributed by atoms with Crippen molar-refractivity contribution >= 4 is 48.3 Å². The lowest BCUT2D eigenvalue weighted by Crippen LogP contribution is -2.47. The lowest BCUT2D eigenvalue weighted by molar-refractivity contribution is -0.137. The lowest BCUT2D eigenvalue weighted by atomic mass is 10.0. The fraction of sp³-hybridized carbons (Fsp3) is 0.647. The summed E-state index contributed by atoms with van der Waals surface area (Å²) >= 11 is 1.86. The van der Waals surface area contributed by atoms with Crippen LogP contribution in [0.1, 0.15) is 24.8 Å². The topological polar surface area (TPSA) is 57.3 Å². The van der Waals surface area contributed by atoms with E-state index in [-0.39, 0.29) is 42.8 Å². The second-order valence-corrected chi connectivity index (χ2v) is 7.81. The number of rotatable bonds is 4. The summed E-state index contributed by atoms with van der Waals surface area (Å²) in [5, 5.41) is 6.44. The molecule has 1 amide bonds. The number of pyridine rings is 1. The van der Waals surface area contributed by atoms with Gasteiger partial charge in [-0.2, -0.15) is 24.9 Å². The number of aromatic nitrogens is 1. The van der Waals surface area contributed by atoms with E-state index in [1.54, 1.807) is 0 Å². The molecule has 160 valence electrons. The molecule has 1 aromatic rings. The Kier molecular flexibility index (Phi) is 10.2. The predicted molar refractivity (Wildman–Crippen MR) is 111 cm³/mol. The van der Waals surface area contributed by atoms with Crippen molar-refractivity contribution in [1.29, 1.82) is 0 Å². The van der Waals surface area contributed by atoms with Crippen molar-refractivity contribution in [2.75, 3.05) is 36.0 Å². The van der Waals surface area contributed by atoms with Gasteiger partial charge in [-0.3, -0.25) is 4.79 Å². The molecule has 0 saturated carbocycles. The first kappa shape index (κ1) is 25.1. The van der Waals surface area contributed by atoms with Crippen LogP contribution in [0.15, 0.2) is 18.3 Å². The third-order valence-corrected chi connectivity index (χ3v) is 5.82. The van der Waals surface area contributed by atoms with Crippen LogP contribution >= 0.6 is 36.6 Å². The molecular weight excluding hydrogens is 436 g/mol. The molecule has 0 bridgehead atoms. The maximum atomic E-state index is 12.6. The predicted octanol–water partition coefficient (Wildman–Crippen LogP) is 3.12. The van der Waals surface area contributed by atoms with Crippen LogP contribution in [0.5, 0.6) is 0 Å². The zero-order valence-electron chi connectivity index (χ0n) is 15.2. The quantitative estimate of drug-likeness (QED) is 0.722. The molecular formula is C17H25Cl2F3N4OS. The molecule has 0 spiro atoms. The van der Waals surface area contributed by atoms with Gasteiger partial charge in [-0.15, -0.1) is 24.8 Å². The Morgan fingerprint density at radius 1 is 1.29 bits per heavy atom. The molecule has 2 aliphatic rings. The lowest BCUT2D eigenvalue weighted by Gasteiger charge is -2.33. The Morgan fingerprint density at radius 3 is 2.54 bits per heavy atom. The largest absolute Gasteiger partial charge is 0.417 e. The Bertz CT molecular complexity index is 607. The van der Waals surface area contributed by atoms with Crippen molar-refractivity contribution in [2.45, 2.75) is 37.5 Å². The third-order valence-electron chi connectivity index (χ3n) is 4.69. The number of thioether (sulfide) groups is 1. The molecule has 3 heterocycles. The zero-order chi connectivity index (χ0) is 18.6. The molecule has 11 heteroatoms. The number of halogens is 5. The summed E-state index contributed by atoms with van der Waals surface area (Å²) in [4.78, 5) is 18.1. The molecule has 2 aliphatic heterocycles. The average molecular weight is 461 g/mol. The highest BCUT2D eigenvalue weighted by Crippen LogP contribution is 2.29. The van der Waals surface area contributed by atoms with E-state index in [2.05, 4.69) is 15.6 Å². The molecule has 3 rings (SSSR count). The van der Waals surface area contributed by atoms with Crippen LogP contribution in [-0.2, 0) is 11.0 Å². The standard InChI is InChI=1S/C17H23F3N4OS.2ClH/c18-17(19,20)12-1-2-15(22-10-12)24-6-3-13(4-7-24)23-16(25)9-14-11-26-8-5-21-14;;/h1-2,10,13-14,21H,3-9,11H2,(H,23,25);2*1H. The van der Waals surface area contributed by atoms with Gasteiger partial charge in [0.2, 0.25) is 5.91 Å². The second kappa shape index (κ2) is 11.3. The smallest absolute Gasteiger partial charge is 0.356 e. The van der Waals surface area contributed by atoms with E-state index in [0.29, 0.717) is 25.3 Å². The first-order valence-electron chi connectivity index (χ1n) is 8.80. The van der Waals surface area contributed by atoms with Gasteiger partial charge in [-0.25, -0.2) is 4.98 Å². The molecule has 1 unspecified atom stereocenters. The monoisotopic (exact) mass is 460 g/mol. The summed E-state index contributed by atoms with van der Waals surface area (Å²) in [5.74, 6) is 2.67. The van der Waals surface area contributed by atoms with Crippen LogP contribution in [0, 0.1) is 0 Å². The van der Waals surface area contributed by atoms with Gasteiger partial charge in [-0.1, -0.05) is 0 Å². The van der Waals surface area contributed by atoms with E-state index < -0.39 is 11.7 Å². The van der Waals surface area contributed by atoms with Gasteiger partial charge in [0, 0.05) is 55.8 Å². The number of anilines is 1. The molecule has 2 N–H and O–H groups in total. The van der Waals surface area contributed by atoms with Crippen LogP contribution in [-0.4, -0.2) is 54.1 Å². The molecule has 2 saturated heterocycles. The first-order chi connectivity index (χ1) is 12.4. The molecule has 5 nitrogen and oxygen atoms in total. The van der Waals surface area contributed by atoms with E-state index in [1.165, 1.54) is 6.07 Å². The molecule has 28 heavy (non-hydrogen) atoms. The number of nitrogens with zero attached hydrogens (tertiary/aromatic N) is 2. The number of nitrogens with one attached hydrogen (secondary N) is 2. The number of piperidine rings is 1. The fourth-order valence-electron chi connectivity index (χ4n) is 3.25. The second-order valence-electron chi connectivity index (χ2n) is 6.66. The van der Waals surface area contributed by atoms with Crippen molar-refractivity contribution < 1.29 is 18.0 Å². The van der Waals surface area contributed by atoms with E-state index >= 15 is 0 Å². The SMILES string of the molecule is Cl.Cl.O=C(CC1CSCCN1)NC1CCN(c2ccc(C(F)(F)F)cn2)CC1. The van der Waals surface area contributed by atoms with Gasteiger partial charge in [0.25, 0.3) is 0 Å². The molecule has 0 radical (unpaired) electrons. The normalized spacial score (nSPS) is 20.7. The molecule has 1 aromatic heterocycles. The van der Waals surface area contributed by atoms with Crippen molar-refractivity contribution in [3.63, 3.8) is 0 Å². The van der Waals surface area contributed by atoms with Gasteiger partial charge in [-0.05, 0) is 25.0 Å². The van der Waals surface area contributed by atoms with Crippen molar-refractivity contribution in [1.82, 2.24) is 15.6 Å². The number of alkyl halides is 3. The van der Waals surface area contributed by atoms with E-state index in [9.17, 15) is 18.0 Å². The summed E-state index contributed by atoms with van der Waals surface area (Å²) in [7, 11) is 0. The fourth-order valence-corrected chi connectivity index (χ4v) is 4.20. The van der Waals surface area contributed by atoms with E-state index in [1.807, 2.05) is 16.7 Å². The number of hydrogen-bond acceptors (Lipinski definition) is 5. The van der Waals surface area contributed by atoms with E-state index in [4.69, 9.17) is 0 Å². The molecule has 0 aliphatic carbocycles. The highest BCUT2D eigenvalue weighted by Gasteiger charge is 2.31. The van der Waals surface area contributed by atoms with Crippen LogP contribution in [0.3, 0.4) is 0 Å². The highest BCUT2D eigenvalue weighted by atomic mass is 35.5.